The monoisotopic (exact) mass is 892 g/mol. The van der Waals surface area contributed by atoms with Crippen molar-refractivity contribution in [3.8, 4) is 45.3 Å². The molecule has 0 saturated heterocycles. The molecule has 0 atom stereocenters. The van der Waals surface area contributed by atoms with Crippen LogP contribution in [0.1, 0.15) is 55.8 Å². The highest BCUT2D eigenvalue weighted by atomic mass is 35.5. The molecule has 0 radical (unpaired) electrons. The van der Waals surface area contributed by atoms with Gasteiger partial charge in [0.1, 0.15) is 34.4 Å². The number of nitrogens with zero attached hydrogens (tertiary/aromatic N) is 6. The van der Waals surface area contributed by atoms with Gasteiger partial charge in [0.25, 0.3) is 11.8 Å². The summed E-state index contributed by atoms with van der Waals surface area (Å²) in [5, 5.41) is 5.23. The molecule has 4 aromatic carbocycles. The van der Waals surface area contributed by atoms with Gasteiger partial charge in [-0.1, -0.05) is 24.3 Å². The molecule has 2 aliphatic carbocycles. The van der Waals surface area contributed by atoms with Crippen LogP contribution in [0.5, 0.6) is 0 Å². The van der Waals surface area contributed by atoms with Crippen LogP contribution in [0.15, 0.2) is 134 Å². The second-order valence-corrected chi connectivity index (χ2v) is 15.2. The van der Waals surface area contributed by atoms with Crippen molar-refractivity contribution >= 4 is 35.6 Å². The minimum Gasteiger partial charge on any atom is -0.322 e. The van der Waals surface area contributed by atoms with Crippen LogP contribution in [0.3, 0.4) is 0 Å². The lowest BCUT2D eigenvalue weighted by Gasteiger charge is -2.13. The van der Waals surface area contributed by atoms with E-state index in [1.165, 1.54) is 12.1 Å². The van der Waals surface area contributed by atoms with Gasteiger partial charge < -0.3 is 10.6 Å². The summed E-state index contributed by atoms with van der Waals surface area (Å²) in [6.07, 6.45) is 15.6. The number of fused-ring (bicyclic) bond motifs is 6. The Kier molecular flexibility index (Phi) is 13.1. The maximum atomic E-state index is 14.0. The van der Waals surface area contributed by atoms with E-state index in [9.17, 15) is 27.2 Å². The molecule has 0 bridgehead atoms. The van der Waals surface area contributed by atoms with Crippen LogP contribution in [-0.2, 0) is 25.7 Å². The Morgan fingerprint density at radius 3 is 1.23 bits per heavy atom. The molecule has 0 unspecified atom stereocenters. The van der Waals surface area contributed by atoms with E-state index in [4.69, 9.17) is 9.97 Å². The number of carbonyl (C=O) groups excluding carboxylic acids is 2. The first-order valence-electron chi connectivity index (χ1n) is 20.5. The Morgan fingerprint density at radius 2 is 0.846 bits per heavy atom. The number of nitrogens with one attached hydrogen (secondary N) is 2. The lowest BCUT2D eigenvalue weighted by Crippen LogP contribution is -2.16. The van der Waals surface area contributed by atoms with E-state index in [2.05, 4.69) is 30.6 Å². The molecule has 324 valence electrons. The standard InChI is InChI=1S/2C25H18F2N4O.ClH/c2*26-20-5-2-6-21(27)22(20)25(32)30-18-7-8-19-16(13-18)3-1-4-17-14-29-24(31-23(17)19)15-9-11-28-12-10-15;/h2*2,5-14H,1,3-4H2,(H,30,32);1H. The van der Waals surface area contributed by atoms with Gasteiger partial charge >= 0.3 is 0 Å². The summed E-state index contributed by atoms with van der Waals surface area (Å²) in [6, 6.07) is 25.0. The number of hydrogen-bond acceptors (Lipinski definition) is 8. The van der Waals surface area contributed by atoms with E-state index >= 15 is 0 Å². The molecule has 2 amide bonds. The van der Waals surface area contributed by atoms with Gasteiger partial charge in [0, 0.05) is 70.8 Å². The number of carbonyl (C=O) groups is 2. The van der Waals surface area contributed by atoms with E-state index in [1.54, 1.807) is 36.9 Å². The zero-order valence-corrected chi connectivity index (χ0v) is 35.2. The average Bonchev–Trinajstić information content (AvgIpc) is 3.60. The molecule has 4 aromatic heterocycles. The first kappa shape index (κ1) is 43.9. The number of hydrogen-bond donors (Lipinski definition) is 2. The minimum absolute atomic E-state index is 0. The normalized spacial score (nSPS) is 12.2. The number of amides is 2. The highest BCUT2D eigenvalue weighted by molar-refractivity contribution is 6.05. The molecule has 15 heteroatoms. The van der Waals surface area contributed by atoms with E-state index in [0.717, 1.165) is 119 Å². The number of pyridine rings is 2. The molecule has 0 saturated carbocycles. The summed E-state index contributed by atoms with van der Waals surface area (Å²) >= 11 is 0. The molecule has 8 aromatic rings. The fourth-order valence-corrected chi connectivity index (χ4v) is 7.90. The average molecular weight is 893 g/mol. The number of halogens is 5. The van der Waals surface area contributed by atoms with E-state index < -0.39 is 46.2 Å². The van der Waals surface area contributed by atoms with Gasteiger partial charge in [-0.05, 0) is 134 Å². The fourth-order valence-electron chi connectivity index (χ4n) is 7.90. The molecule has 0 spiro atoms. The highest BCUT2D eigenvalue weighted by Crippen LogP contribution is 2.36. The molecular formula is C50H37ClF4N8O2. The van der Waals surface area contributed by atoms with Gasteiger partial charge in [-0.3, -0.25) is 19.6 Å². The fraction of sp³-hybridized carbons (Fsp3) is 0.120. The first-order chi connectivity index (χ1) is 31.2. The van der Waals surface area contributed by atoms with Gasteiger partial charge in [-0.15, -0.1) is 12.4 Å². The second-order valence-electron chi connectivity index (χ2n) is 15.2. The van der Waals surface area contributed by atoms with Gasteiger partial charge in [-0.25, -0.2) is 37.5 Å². The summed E-state index contributed by atoms with van der Waals surface area (Å²) in [6.45, 7) is 0. The number of rotatable bonds is 6. The lowest BCUT2D eigenvalue weighted by atomic mass is 10.0. The van der Waals surface area contributed by atoms with Crippen molar-refractivity contribution in [2.24, 2.45) is 0 Å². The quantitative estimate of drug-likeness (QED) is 0.158. The van der Waals surface area contributed by atoms with Gasteiger partial charge in [0.05, 0.1) is 11.4 Å². The van der Waals surface area contributed by atoms with E-state index in [-0.39, 0.29) is 12.4 Å². The Bertz CT molecular complexity index is 2820. The number of aromatic nitrogens is 6. The smallest absolute Gasteiger partial charge is 0.261 e. The first-order valence-corrected chi connectivity index (χ1v) is 20.5. The van der Waals surface area contributed by atoms with Crippen molar-refractivity contribution in [3.05, 3.63) is 191 Å². The second kappa shape index (κ2) is 19.4. The third-order valence-corrected chi connectivity index (χ3v) is 11.0. The van der Waals surface area contributed by atoms with Gasteiger partial charge in [0.15, 0.2) is 11.6 Å². The Balaban J connectivity index is 0.000000175. The van der Waals surface area contributed by atoms with Crippen LogP contribution in [0.25, 0.3) is 45.3 Å². The zero-order chi connectivity index (χ0) is 44.2. The molecule has 0 aliphatic heterocycles. The van der Waals surface area contributed by atoms with Crippen LogP contribution in [0, 0.1) is 23.3 Å². The van der Waals surface area contributed by atoms with Crippen LogP contribution < -0.4 is 10.6 Å². The molecule has 2 aliphatic rings. The zero-order valence-electron chi connectivity index (χ0n) is 34.4. The van der Waals surface area contributed by atoms with Gasteiger partial charge in [-0.2, -0.15) is 0 Å². The summed E-state index contributed by atoms with van der Waals surface area (Å²) in [7, 11) is 0. The van der Waals surface area contributed by atoms with Crippen molar-refractivity contribution in [3.63, 3.8) is 0 Å². The van der Waals surface area contributed by atoms with Crippen molar-refractivity contribution in [2.45, 2.75) is 38.5 Å². The third kappa shape index (κ3) is 9.48. The molecule has 10 nitrogen and oxygen atoms in total. The predicted octanol–water partition coefficient (Wildman–Crippen LogP) is 10.9. The summed E-state index contributed by atoms with van der Waals surface area (Å²) < 4.78 is 55.8. The summed E-state index contributed by atoms with van der Waals surface area (Å²) in [4.78, 5) is 51.7. The van der Waals surface area contributed by atoms with E-state index in [1.807, 2.05) is 60.9 Å². The molecule has 10 rings (SSSR count). The molecule has 2 N–H and O–H groups in total. The Labute approximate surface area is 376 Å². The summed E-state index contributed by atoms with van der Waals surface area (Å²) in [5.41, 5.74) is 9.30. The van der Waals surface area contributed by atoms with Crippen molar-refractivity contribution < 1.29 is 27.2 Å². The van der Waals surface area contributed by atoms with Gasteiger partial charge in [0.2, 0.25) is 0 Å². The number of anilines is 2. The van der Waals surface area contributed by atoms with Crippen LogP contribution in [0.4, 0.5) is 28.9 Å². The van der Waals surface area contributed by atoms with Crippen LogP contribution in [-0.4, -0.2) is 41.7 Å². The van der Waals surface area contributed by atoms with E-state index in [0.29, 0.717) is 23.0 Å². The van der Waals surface area contributed by atoms with Crippen LogP contribution >= 0.6 is 12.4 Å². The molecule has 4 heterocycles. The van der Waals surface area contributed by atoms with Crippen molar-refractivity contribution in [1.82, 2.24) is 29.9 Å². The maximum Gasteiger partial charge on any atom is 0.261 e. The third-order valence-electron chi connectivity index (χ3n) is 11.0. The largest absolute Gasteiger partial charge is 0.322 e. The minimum atomic E-state index is -0.897. The maximum absolute atomic E-state index is 14.0. The summed E-state index contributed by atoms with van der Waals surface area (Å²) in [5.74, 6) is -4.00. The highest BCUT2D eigenvalue weighted by Gasteiger charge is 2.23. The molecule has 65 heavy (non-hydrogen) atoms. The lowest BCUT2D eigenvalue weighted by molar-refractivity contribution is 0.101. The number of benzene rings is 4. The molecular weight excluding hydrogens is 856 g/mol. The van der Waals surface area contributed by atoms with Crippen molar-refractivity contribution in [1.29, 1.82) is 0 Å². The topological polar surface area (TPSA) is 136 Å². The molecule has 0 fully saturated rings. The Hall–Kier alpha value is -7.71. The number of aryl methyl sites for hydroxylation is 4. The van der Waals surface area contributed by atoms with Crippen molar-refractivity contribution in [2.75, 3.05) is 10.6 Å². The van der Waals surface area contributed by atoms with Crippen LogP contribution in [0.2, 0.25) is 0 Å². The predicted molar refractivity (Wildman–Crippen MR) is 241 cm³/mol. The Morgan fingerprint density at radius 1 is 0.477 bits per heavy atom. The SMILES string of the molecule is Cl.O=C(Nc1ccc2c(c1)CCCc1cnc(-c3ccncc3)nc1-2)c1c(F)cccc1F.O=C(Nc1ccc2c(c1)CCCc1cnc(-c3ccncc3)nc1-2)c1c(F)cccc1F.